The Morgan fingerprint density at radius 1 is 1.31 bits per heavy atom. The summed E-state index contributed by atoms with van der Waals surface area (Å²) in [6.45, 7) is 4.31. The van der Waals surface area contributed by atoms with E-state index in [2.05, 4.69) is 34.4 Å². The van der Waals surface area contributed by atoms with Crippen molar-refractivity contribution >= 4 is 11.6 Å². The molecule has 0 saturated heterocycles. The standard InChI is InChI=1S/C12H20N4/c1-4-8-6-9(8)14-12-7-11(13-3)15-10(5-2)16-12/h7-9H,4-6H2,1-3H3,(H2,13,14,15,16). The molecule has 1 heterocycles. The molecule has 2 atom stereocenters. The maximum atomic E-state index is 4.49. The molecule has 1 aliphatic rings. The largest absolute Gasteiger partial charge is 0.373 e. The Morgan fingerprint density at radius 3 is 2.62 bits per heavy atom. The molecule has 2 rings (SSSR count). The molecule has 0 bridgehead atoms. The van der Waals surface area contributed by atoms with Gasteiger partial charge < -0.3 is 10.6 Å². The van der Waals surface area contributed by atoms with Crippen LogP contribution >= 0.6 is 0 Å². The number of hydrogen-bond acceptors (Lipinski definition) is 4. The van der Waals surface area contributed by atoms with Crippen LogP contribution in [0, 0.1) is 5.92 Å². The third-order valence-corrected chi connectivity index (χ3v) is 3.13. The number of aryl methyl sites for hydroxylation is 1. The Labute approximate surface area is 96.9 Å². The lowest BCUT2D eigenvalue weighted by Crippen LogP contribution is -2.09. The van der Waals surface area contributed by atoms with Crippen molar-refractivity contribution in [3.05, 3.63) is 11.9 Å². The van der Waals surface area contributed by atoms with Crippen molar-refractivity contribution in [3.63, 3.8) is 0 Å². The number of anilines is 2. The first-order valence-electron chi connectivity index (χ1n) is 6.09. The molecule has 0 radical (unpaired) electrons. The van der Waals surface area contributed by atoms with Gasteiger partial charge in [-0.05, 0) is 12.3 Å². The fourth-order valence-electron chi connectivity index (χ4n) is 1.92. The molecule has 0 spiro atoms. The summed E-state index contributed by atoms with van der Waals surface area (Å²) in [5.41, 5.74) is 0. The van der Waals surface area contributed by atoms with E-state index in [9.17, 15) is 0 Å². The first-order valence-corrected chi connectivity index (χ1v) is 6.09. The van der Waals surface area contributed by atoms with Crippen LogP contribution in [0.15, 0.2) is 6.07 Å². The third-order valence-electron chi connectivity index (χ3n) is 3.13. The van der Waals surface area contributed by atoms with Crippen LogP contribution in [0.3, 0.4) is 0 Å². The normalized spacial score (nSPS) is 22.9. The van der Waals surface area contributed by atoms with Crippen molar-refractivity contribution in [2.24, 2.45) is 5.92 Å². The molecule has 1 aromatic rings. The second-order valence-electron chi connectivity index (χ2n) is 4.31. The van der Waals surface area contributed by atoms with E-state index in [0.717, 1.165) is 29.8 Å². The number of aromatic nitrogens is 2. The van der Waals surface area contributed by atoms with Gasteiger partial charge in [-0.25, -0.2) is 9.97 Å². The van der Waals surface area contributed by atoms with Gasteiger partial charge in [0.25, 0.3) is 0 Å². The Bertz CT molecular complexity index is 342. The summed E-state index contributed by atoms with van der Waals surface area (Å²) in [7, 11) is 1.89. The van der Waals surface area contributed by atoms with E-state index in [4.69, 9.17) is 0 Å². The van der Waals surface area contributed by atoms with Gasteiger partial charge in [-0.15, -0.1) is 0 Å². The molecule has 4 nitrogen and oxygen atoms in total. The minimum Gasteiger partial charge on any atom is -0.373 e. The van der Waals surface area contributed by atoms with Crippen LogP contribution in [0.4, 0.5) is 11.6 Å². The minimum absolute atomic E-state index is 0.620. The molecular weight excluding hydrogens is 200 g/mol. The van der Waals surface area contributed by atoms with Crippen LogP contribution in [0.1, 0.15) is 32.5 Å². The molecule has 1 saturated carbocycles. The lowest BCUT2D eigenvalue weighted by atomic mass is 10.3. The summed E-state index contributed by atoms with van der Waals surface area (Å²) >= 11 is 0. The maximum absolute atomic E-state index is 4.49. The molecule has 0 aliphatic heterocycles. The summed E-state index contributed by atoms with van der Waals surface area (Å²) in [6, 6.07) is 2.60. The van der Waals surface area contributed by atoms with Gasteiger partial charge in [-0.3, -0.25) is 0 Å². The molecule has 88 valence electrons. The van der Waals surface area contributed by atoms with Crippen LogP contribution in [0.2, 0.25) is 0 Å². The zero-order valence-electron chi connectivity index (χ0n) is 10.2. The zero-order valence-corrected chi connectivity index (χ0v) is 10.2. The van der Waals surface area contributed by atoms with Crippen LogP contribution in [-0.4, -0.2) is 23.1 Å². The highest BCUT2D eigenvalue weighted by molar-refractivity contribution is 5.48. The zero-order chi connectivity index (χ0) is 11.5. The van der Waals surface area contributed by atoms with Crippen molar-refractivity contribution in [1.82, 2.24) is 9.97 Å². The highest BCUT2D eigenvalue weighted by Crippen LogP contribution is 2.35. The van der Waals surface area contributed by atoms with Crippen LogP contribution in [0.25, 0.3) is 0 Å². The van der Waals surface area contributed by atoms with Gasteiger partial charge in [0.15, 0.2) is 0 Å². The summed E-state index contributed by atoms with van der Waals surface area (Å²) < 4.78 is 0. The van der Waals surface area contributed by atoms with Crippen LogP contribution in [0.5, 0.6) is 0 Å². The predicted octanol–water partition coefficient (Wildman–Crippen LogP) is 2.29. The monoisotopic (exact) mass is 220 g/mol. The maximum Gasteiger partial charge on any atom is 0.132 e. The Morgan fingerprint density at radius 2 is 2.06 bits per heavy atom. The van der Waals surface area contributed by atoms with Gasteiger partial charge in [0.2, 0.25) is 0 Å². The molecule has 2 N–H and O–H groups in total. The van der Waals surface area contributed by atoms with Crippen molar-refractivity contribution in [2.75, 3.05) is 17.7 Å². The number of hydrogen-bond donors (Lipinski definition) is 2. The summed E-state index contributed by atoms with van der Waals surface area (Å²) in [6.07, 6.45) is 3.39. The van der Waals surface area contributed by atoms with Gasteiger partial charge in [0.05, 0.1) is 0 Å². The molecule has 0 amide bonds. The fourth-order valence-corrected chi connectivity index (χ4v) is 1.92. The smallest absolute Gasteiger partial charge is 0.132 e. The van der Waals surface area contributed by atoms with E-state index in [1.807, 2.05) is 13.1 Å². The van der Waals surface area contributed by atoms with Gasteiger partial charge >= 0.3 is 0 Å². The first-order chi connectivity index (χ1) is 7.76. The van der Waals surface area contributed by atoms with E-state index < -0.39 is 0 Å². The molecule has 1 fully saturated rings. The van der Waals surface area contributed by atoms with E-state index in [1.54, 1.807) is 0 Å². The molecule has 0 aromatic carbocycles. The second kappa shape index (κ2) is 4.68. The number of rotatable bonds is 5. The SMILES string of the molecule is CCc1nc(NC)cc(NC2CC2CC)n1. The topological polar surface area (TPSA) is 49.8 Å². The van der Waals surface area contributed by atoms with Crippen LogP contribution in [-0.2, 0) is 6.42 Å². The lowest BCUT2D eigenvalue weighted by molar-refractivity contribution is 0.772. The number of nitrogens with one attached hydrogen (secondary N) is 2. The van der Waals surface area contributed by atoms with E-state index >= 15 is 0 Å². The van der Waals surface area contributed by atoms with Crippen LogP contribution < -0.4 is 10.6 Å². The molecule has 1 aliphatic carbocycles. The Kier molecular flexibility index (Phi) is 3.27. The quantitative estimate of drug-likeness (QED) is 0.799. The molecule has 1 aromatic heterocycles. The molecule has 2 unspecified atom stereocenters. The lowest BCUT2D eigenvalue weighted by Gasteiger charge is -2.08. The van der Waals surface area contributed by atoms with Crippen molar-refractivity contribution < 1.29 is 0 Å². The molecule has 16 heavy (non-hydrogen) atoms. The molecule has 4 heteroatoms. The third kappa shape index (κ3) is 2.43. The highest BCUT2D eigenvalue weighted by Gasteiger charge is 2.35. The average Bonchev–Trinajstić information content (AvgIpc) is 3.06. The molecular formula is C12H20N4. The van der Waals surface area contributed by atoms with Crippen molar-refractivity contribution in [3.8, 4) is 0 Å². The summed E-state index contributed by atoms with van der Waals surface area (Å²) in [4.78, 5) is 8.86. The number of nitrogens with zero attached hydrogens (tertiary/aromatic N) is 2. The van der Waals surface area contributed by atoms with Gasteiger partial charge in [-0.1, -0.05) is 20.3 Å². The second-order valence-corrected chi connectivity index (χ2v) is 4.31. The van der Waals surface area contributed by atoms with E-state index in [1.165, 1.54) is 12.8 Å². The summed E-state index contributed by atoms with van der Waals surface area (Å²) in [5.74, 6) is 3.57. The van der Waals surface area contributed by atoms with Crippen molar-refractivity contribution in [1.29, 1.82) is 0 Å². The Balaban J connectivity index is 2.08. The highest BCUT2D eigenvalue weighted by atomic mass is 15.1. The van der Waals surface area contributed by atoms with Crippen molar-refractivity contribution in [2.45, 2.75) is 39.2 Å². The Hall–Kier alpha value is -1.32. The fraction of sp³-hybridized carbons (Fsp3) is 0.667. The van der Waals surface area contributed by atoms with Gasteiger partial charge in [-0.2, -0.15) is 0 Å². The first kappa shape index (κ1) is 11.2. The van der Waals surface area contributed by atoms with E-state index in [-0.39, 0.29) is 0 Å². The predicted molar refractivity (Wildman–Crippen MR) is 66.8 cm³/mol. The average molecular weight is 220 g/mol. The van der Waals surface area contributed by atoms with E-state index in [0.29, 0.717) is 6.04 Å². The summed E-state index contributed by atoms with van der Waals surface area (Å²) in [5, 5.41) is 6.54. The van der Waals surface area contributed by atoms with Gasteiger partial charge in [0.1, 0.15) is 17.5 Å². The van der Waals surface area contributed by atoms with Gasteiger partial charge in [0, 0.05) is 25.6 Å². The minimum atomic E-state index is 0.620.